The number of aromatic nitrogens is 1. The summed E-state index contributed by atoms with van der Waals surface area (Å²) >= 11 is 1.61. The lowest BCUT2D eigenvalue weighted by Gasteiger charge is -2.20. The molecule has 1 atom stereocenters. The van der Waals surface area contributed by atoms with Crippen LogP contribution in [-0.4, -0.2) is 24.0 Å². The Bertz CT molecular complexity index is 903. The Balaban J connectivity index is 1.46. The van der Waals surface area contributed by atoms with Crippen LogP contribution in [0.15, 0.2) is 54.6 Å². The first-order valence-electron chi connectivity index (χ1n) is 9.02. The molecule has 1 aliphatic heterocycles. The van der Waals surface area contributed by atoms with Crippen molar-refractivity contribution in [3.63, 3.8) is 0 Å². The Morgan fingerprint density at radius 2 is 1.85 bits per heavy atom. The molecule has 132 valence electrons. The van der Waals surface area contributed by atoms with Crippen LogP contribution >= 0.6 is 11.3 Å². The van der Waals surface area contributed by atoms with Crippen LogP contribution in [0.25, 0.3) is 11.1 Å². The minimum atomic E-state index is -0.101. The fourth-order valence-corrected chi connectivity index (χ4v) is 4.37. The summed E-state index contributed by atoms with van der Waals surface area (Å²) in [5.41, 5.74) is 4.06. The molecule has 0 aliphatic carbocycles. The van der Waals surface area contributed by atoms with Crippen LogP contribution in [0, 0.1) is 0 Å². The number of benzene rings is 2. The van der Waals surface area contributed by atoms with Crippen molar-refractivity contribution in [1.82, 2.24) is 4.98 Å². The predicted molar refractivity (Wildman–Crippen MR) is 106 cm³/mol. The van der Waals surface area contributed by atoms with E-state index in [0.29, 0.717) is 10.7 Å². The fraction of sp³-hybridized carbons (Fsp3) is 0.238. The number of hydrogen-bond donors (Lipinski definition) is 2. The van der Waals surface area contributed by atoms with E-state index in [4.69, 9.17) is 0 Å². The van der Waals surface area contributed by atoms with Crippen LogP contribution in [0.3, 0.4) is 0 Å². The largest absolute Gasteiger partial charge is 0.330 e. The van der Waals surface area contributed by atoms with Gasteiger partial charge in [-0.15, -0.1) is 0 Å². The van der Waals surface area contributed by atoms with Gasteiger partial charge < -0.3 is 4.90 Å². The molecule has 0 radical (unpaired) electrons. The molecule has 4 nitrogen and oxygen atoms in total. The molecule has 1 unspecified atom stereocenters. The van der Waals surface area contributed by atoms with Crippen molar-refractivity contribution in [3.05, 3.63) is 70.7 Å². The second-order valence-corrected chi connectivity index (χ2v) is 7.65. The summed E-state index contributed by atoms with van der Waals surface area (Å²) in [6, 6.07) is 17.9. The third kappa shape index (κ3) is 3.54. The number of anilines is 1. The van der Waals surface area contributed by atoms with Gasteiger partial charge in [0.25, 0.3) is 5.91 Å². The molecule has 3 aromatic rings. The van der Waals surface area contributed by atoms with Crippen LogP contribution in [0.1, 0.15) is 27.9 Å². The second kappa shape index (κ2) is 7.40. The number of hydrogen-bond acceptors (Lipinski definition) is 3. The van der Waals surface area contributed by atoms with Gasteiger partial charge in [0, 0.05) is 12.0 Å². The molecule has 0 saturated heterocycles. The van der Waals surface area contributed by atoms with Crippen LogP contribution < -0.4 is 10.2 Å². The zero-order chi connectivity index (χ0) is 17.9. The number of quaternary nitrogens is 1. The highest BCUT2D eigenvalue weighted by molar-refractivity contribution is 7.15. The van der Waals surface area contributed by atoms with Crippen molar-refractivity contribution in [1.29, 1.82) is 0 Å². The van der Waals surface area contributed by atoms with Gasteiger partial charge in [-0.05, 0) is 30.2 Å². The number of carbonyl (C=O) groups is 1. The molecule has 0 saturated carbocycles. The molecule has 5 heteroatoms. The molecule has 1 aromatic heterocycles. The van der Waals surface area contributed by atoms with E-state index >= 15 is 0 Å². The average molecular weight is 364 g/mol. The van der Waals surface area contributed by atoms with Gasteiger partial charge >= 0.3 is 0 Å². The SMILES string of the molecule is CC[NH+]1CCc2nc(NC(=O)c3ccc(-c4ccccc4)cc3)sc2C1. The molecule has 0 bridgehead atoms. The van der Waals surface area contributed by atoms with Gasteiger partial charge in [-0.1, -0.05) is 53.8 Å². The normalized spacial score (nSPS) is 16.1. The number of amides is 1. The quantitative estimate of drug-likeness (QED) is 0.748. The van der Waals surface area contributed by atoms with E-state index < -0.39 is 0 Å². The predicted octanol–water partition coefficient (Wildman–Crippen LogP) is 3.02. The molecule has 1 aliphatic rings. The van der Waals surface area contributed by atoms with E-state index in [1.807, 2.05) is 42.5 Å². The molecule has 26 heavy (non-hydrogen) atoms. The van der Waals surface area contributed by atoms with Gasteiger partial charge in [-0.25, -0.2) is 4.98 Å². The van der Waals surface area contributed by atoms with Crippen molar-refractivity contribution in [2.45, 2.75) is 19.9 Å². The third-order valence-electron chi connectivity index (χ3n) is 4.88. The van der Waals surface area contributed by atoms with Gasteiger partial charge in [0.2, 0.25) is 0 Å². The Morgan fingerprint density at radius 1 is 1.12 bits per heavy atom. The van der Waals surface area contributed by atoms with Gasteiger partial charge in [0.1, 0.15) is 6.54 Å². The number of rotatable bonds is 4. The maximum atomic E-state index is 12.5. The molecule has 2 aromatic carbocycles. The summed E-state index contributed by atoms with van der Waals surface area (Å²) in [5, 5.41) is 3.68. The Hall–Kier alpha value is -2.50. The second-order valence-electron chi connectivity index (χ2n) is 6.57. The lowest BCUT2D eigenvalue weighted by atomic mass is 10.0. The highest BCUT2D eigenvalue weighted by Crippen LogP contribution is 2.25. The monoisotopic (exact) mass is 364 g/mol. The number of fused-ring (bicyclic) bond motifs is 1. The first-order valence-corrected chi connectivity index (χ1v) is 9.83. The molecule has 2 N–H and O–H groups in total. The minimum Gasteiger partial charge on any atom is -0.330 e. The first-order chi connectivity index (χ1) is 12.7. The summed E-state index contributed by atoms with van der Waals surface area (Å²) < 4.78 is 0. The van der Waals surface area contributed by atoms with E-state index in [1.54, 1.807) is 16.2 Å². The van der Waals surface area contributed by atoms with Crippen molar-refractivity contribution in [2.75, 3.05) is 18.4 Å². The zero-order valence-corrected chi connectivity index (χ0v) is 15.6. The van der Waals surface area contributed by atoms with E-state index in [2.05, 4.69) is 29.4 Å². The van der Waals surface area contributed by atoms with Crippen molar-refractivity contribution < 1.29 is 9.69 Å². The van der Waals surface area contributed by atoms with Crippen molar-refractivity contribution in [3.8, 4) is 11.1 Å². The number of nitrogens with zero attached hydrogens (tertiary/aromatic N) is 1. The van der Waals surface area contributed by atoms with E-state index in [0.717, 1.165) is 42.9 Å². The number of thiazole rings is 1. The van der Waals surface area contributed by atoms with Gasteiger partial charge in [0.05, 0.1) is 23.7 Å². The maximum Gasteiger partial charge on any atom is 0.257 e. The highest BCUT2D eigenvalue weighted by atomic mass is 32.1. The molecular formula is C21H22N3OS+. The maximum absolute atomic E-state index is 12.5. The van der Waals surface area contributed by atoms with Crippen LogP contribution in [0.5, 0.6) is 0 Å². The smallest absolute Gasteiger partial charge is 0.257 e. The highest BCUT2D eigenvalue weighted by Gasteiger charge is 2.23. The van der Waals surface area contributed by atoms with E-state index in [-0.39, 0.29) is 5.91 Å². The van der Waals surface area contributed by atoms with Crippen LogP contribution in [-0.2, 0) is 13.0 Å². The summed E-state index contributed by atoms with van der Waals surface area (Å²) in [6.45, 7) is 5.49. The van der Waals surface area contributed by atoms with Crippen molar-refractivity contribution in [2.24, 2.45) is 0 Å². The summed E-state index contributed by atoms with van der Waals surface area (Å²) in [4.78, 5) is 20.1. The number of nitrogens with one attached hydrogen (secondary N) is 2. The molecular weight excluding hydrogens is 342 g/mol. The van der Waals surface area contributed by atoms with Gasteiger partial charge in [-0.2, -0.15) is 0 Å². The molecule has 1 amide bonds. The summed E-state index contributed by atoms with van der Waals surface area (Å²) in [7, 11) is 0. The standard InChI is InChI=1S/C21H21N3OS/c1-2-24-13-12-18-19(14-24)26-21(22-18)23-20(25)17-10-8-16(9-11-17)15-6-4-3-5-7-15/h3-11H,2,12-14H2,1H3,(H,22,23,25)/p+1. The fourth-order valence-electron chi connectivity index (χ4n) is 3.30. The topological polar surface area (TPSA) is 46.4 Å². The Labute approximate surface area is 157 Å². The van der Waals surface area contributed by atoms with E-state index in [9.17, 15) is 4.79 Å². The third-order valence-corrected chi connectivity index (χ3v) is 5.89. The van der Waals surface area contributed by atoms with E-state index in [1.165, 1.54) is 4.88 Å². The molecule has 0 spiro atoms. The Kier molecular flexibility index (Phi) is 4.82. The number of likely N-dealkylation sites (N-methyl/N-ethyl adjacent to an activating group) is 1. The molecule has 0 fully saturated rings. The summed E-state index contributed by atoms with van der Waals surface area (Å²) in [5.74, 6) is -0.101. The Morgan fingerprint density at radius 3 is 2.58 bits per heavy atom. The zero-order valence-electron chi connectivity index (χ0n) is 14.8. The van der Waals surface area contributed by atoms with Gasteiger partial charge in [-0.3, -0.25) is 10.1 Å². The molecule has 2 heterocycles. The lowest BCUT2D eigenvalue weighted by Crippen LogP contribution is -3.11. The summed E-state index contributed by atoms with van der Waals surface area (Å²) in [6.07, 6.45) is 0.997. The first kappa shape index (κ1) is 16.9. The van der Waals surface area contributed by atoms with Gasteiger partial charge in [0.15, 0.2) is 5.13 Å². The number of carbonyl (C=O) groups excluding carboxylic acids is 1. The van der Waals surface area contributed by atoms with Crippen molar-refractivity contribution >= 4 is 22.4 Å². The molecule has 4 rings (SSSR count). The van der Waals surface area contributed by atoms with Crippen LogP contribution in [0.4, 0.5) is 5.13 Å². The average Bonchev–Trinajstić information content (AvgIpc) is 3.10. The minimum absolute atomic E-state index is 0.101. The van der Waals surface area contributed by atoms with Crippen LogP contribution in [0.2, 0.25) is 0 Å². The lowest BCUT2D eigenvalue weighted by molar-refractivity contribution is -0.913.